The predicted octanol–water partition coefficient (Wildman–Crippen LogP) is 5.12. The minimum atomic E-state index is -4.63. The Balaban J connectivity index is 1.32. The number of carbonyl (C=O) groups is 2. The van der Waals surface area contributed by atoms with E-state index in [9.17, 15) is 22.8 Å². The molecule has 6 rings (SSSR count). The maximum atomic E-state index is 15.4. The number of rotatable bonds is 11. The zero-order chi connectivity index (χ0) is 32.1. The number of pyridine rings is 1. The molecule has 3 amide bonds. The lowest BCUT2D eigenvalue weighted by molar-refractivity contribution is -0.150. The first-order valence-corrected chi connectivity index (χ1v) is 14.5. The molecule has 45 heavy (non-hydrogen) atoms. The molecule has 15 heteroatoms. The van der Waals surface area contributed by atoms with E-state index in [-0.39, 0.29) is 46.9 Å². The van der Waals surface area contributed by atoms with Crippen molar-refractivity contribution in [1.82, 2.24) is 25.5 Å². The van der Waals surface area contributed by atoms with E-state index in [1.54, 1.807) is 18.2 Å². The van der Waals surface area contributed by atoms with Crippen molar-refractivity contribution < 1.29 is 40.7 Å². The lowest BCUT2D eigenvalue weighted by Gasteiger charge is -2.27. The molecule has 3 unspecified atom stereocenters. The molecular formula is C30H29F5N6O4. The minimum Gasteiger partial charge on any atom is -0.438 e. The summed E-state index contributed by atoms with van der Waals surface area (Å²) in [4.78, 5) is 35.0. The SMILES string of the molecule is COCC(c1ccc2oc(C(NC(=O)C(F)(F)c3cncc(C#N)c3)C(C3CC3)C3CC3)nc2c1)N1CC(C(F)(F)F)NC1=O. The van der Waals surface area contributed by atoms with Crippen molar-refractivity contribution in [2.75, 3.05) is 20.3 Å². The number of hydrogen-bond acceptors (Lipinski definition) is 7. The molecule has 3 aliphatic rings. The molecule has 10 nitrogen and oxygen atoms in total. The van der Waals surface area contributed by atoms with E-state index in [2.05, 4.69) is 15.3 Å². The fraction of sp³-hybridized carbons (Fsp3) is 0.500. The van der Waals surface area contributed by atoms with Gasteiger partial charge in [-0.05, 0) is 67.2 Å². The average Bonchev–Trinajstić information content (AvgIpc) is 3.94. The molecule has 3 atom stereocenters. The van der Waals surface area contributed by atoms with Crippen LogP contribution in [0.2, 0.25) is 0 Å². The highest BCUT2D eigenvalue weighted by molar-refractivity contribution is 5.85. The van der Waals surface area contributed by atoms with E-state index in [0.717, 1.165) is 49.0 Å². The lowest BCUT2D eigenvalue weighted by Crippen LogP contribution is -2.43. The molecule has 2 aromatic heterocycles. The number of aromatic nitrogens is 2. The second-order valence-electron chi connectivity index (χ2n) is 11.8. The van der Waals surface area contributed by atoms with Crippen molar-refractivity contribution in [2.45, 2.75) is 55.9 Å². The van der Waals surface area contributed by atoms with E-state index in [1.165, 1.54) is 13.2 Å². The number of nitriles is 1. The van der Waals surface area contributed by atoms with Crippen LogP contribution in [0.5, 0.6) is 0 Å². The highest BCUT2D eigenvalue weighted by atomic mass is 19.4. The van der Waals surface area contributed by atoms with Crippen LogP contribution in [0.1, 0.15) is 60.3 Å². The van der Waals surface area contributed by atoms with E-state index in [0.29, 0.717) is 5.56 Å². The summed E-state index contributed by atoms with van der Waals surface area (Å²) < 4.78 is 82.1. The van der Waals surface area contributed by atoms with Crippen molar-refractivity contribution in [2.24, 2.45) is 17.8 Å². The number of carbonyl (C=O) groups excluding carboxylic acids is 2. The molecule has 2 saturated carbocycles. The molecule has 238 valence electrons. The van der Waals surface area contributed by atoms with Gasteiger partial charge in [-0.25, -0.2) is 9.78 Å². The fourth-order valence-electron chi connectivity index (χ4n) is 6.09. The Kier molecular flexibility index (Phi) is 7.88. The summed E-state index contributed by atoms with van der Waals surface area (Å²) in [6, 6.07) is 2.52. The number of ether oxygens (including phenoxy) is 1. The number of fused-ring (bicyclic) bond motifs is 1. The zero-order valence-corrected chi connectivity index (χ0v) is 24.0. The minimum absolute atomic E-state index is 0.0262. The van der Waals surface area contributed by atoms with Crippen LogP contribution in [0.4, 0.5) is 26.7 Å². The Morgan fingerprint density at radius 2 is 1.89 bits per heavy atom. The van der Waals surface area contributed by atoms with E-state index < -0.39 is 54.3 Å². The number of halogens is 5. The van der Waals surface area contributed by atoms with Crippen molar-refractivity contribution in [3.63, 3.8) is 0 Å². The van der Waals surface area contributed by atoms with Crippen molar-refractivity contribution >= 4 is 23.0 Å². The Bertz CT molecular complexity index is 1640. The molecule has 3 heterocycles. The lowest BCUT2D eigenvalue weighted by atomic mass is 9.89. The van der Waals surface area contributed by atoms with Gasteiger partial charge in [-0.2, -0.15) is 27.2 Å². The van der Waals surface area contributed by atoms with Crippen LogP contribution in [0, 0.1) is 29.1 Å². The van der Waals surface area contributed by atoms with Gasteiger partial charge in [-0.3, -0.25) is 9.78 Å². The van der Waals surface area contributed by atoms with Crippen LogP contribution < -0.4 is 10.6 Å². The van der Waals surface area contributed by atoms with Crippen LogP contribution in [0.15, 0.2) is 41.1 Å². The Hall–Kier alpha value is -4.32. The van der Waals surface area contributed by atoms with Crippen molar-refractivity contribution in [3.8, 4) is 6.07 Å². The molecule has 1 aliphatic heterocycles. The first-order valence-electron chi connectivity index (χ1n) is 14.5. The molecule has 3 fully saturated rings. The summed E-state index contributed by atoms with van der Waals surface area (Å²) in [6.45, 7) is -0.715. The van der Waals surface area contributed by atoms with Crippen LogP contribution >= 0.6 is 0 Å². The molecule has 0 bridgehead atoms. The summed E-state index contributed by atoms with van der Waals surface area (Å²) in [7, 11) is 1.36. The molecule has 0 radical (unpaired) electrons. The number of nitrogens with one attached hydrogen (secondary N) is 2. The number of urea groups is 1. The number of hydrogen-bond donors (Lipinski definition) is 2. The third-order valence-corrected chi connectivity index (χ3v) is 8.63. The van der Waals surface area contributed by atoms with Crippen molar-refractivity contribution in [1.29, 1.82) is 5.26 Å². The van der Waals surface area contributed by atoms with Gasteiger partial charge in [0.2, 0.25) is 5.89 Å². The van der Waals surface area contributed by atoms with Gasteiger partial charge in [0.1, 0.15) is 23.7 Å². The highest BCUT2D eigenvalue weighted by Crippen LogP contribution is 2.54. The van der Waals surface area contributed by atoms with Crippen LogP contribution in [0.3, 0.4) is 0 Å². The average molecular weight is 633 g/mol. The third-order valence-electron chi connectivity index (χ3n) is 8.63. The van der Waals surface area contributed by atoms with E-state index >= 15 is 8.78 Å². The monoisotopic (exact) mass is 632 g/mol. The molecule has 2 aliphatic carbocycles. The summed E-state index contributed by atoms with van der Waals surface area (Å²) >= 11 is 0. The predicted molar refractivity (Wildman–Crippen MR) is 146 cm³/mol. The summed E-state index contributed by atoms with van der Waals surface area (Å²) in [5, 5.41) is 13.6. The first kappa shape index (κ1) is 30.7. The summed E-state index contributed by atoms with van der Waals surface area (Å²) in [5.74, 6) is -5.39. The second kappa shape index (κ2) is 11.6. The Morgan fingerprint density at radius 1 is 1.18 bits per heavy atom. The number of alkyl halides is 5. The van der Waals surface area contributed by atoms with Gasteiger partial charge in [-0.15, -0.1) is 0 Å². The van der Waals surface area contributed by atoms with Crippen molar-refractivity contribution in [3.05, 3.63) is 59.2 Å². The molecule has 0 spiro atoms. The van der Waals surface area contributed by atoms with Crippen LogP contribution in [-0.2, 0) is 15.5 Å². The smallest absolute Gasteiger partial charge is 0.410 e. The standard InChI is InChI=1S/C30H29F5N6O4/c1-44-14-21(41-13-23(30(33,34)35)39-28(41)43)18-6-7-22-20(9-18)38-26(45-22)25(24(16-2-3-16)17-4-5-17)40-27(42)29(31,32)19-8-15(10-36)11-37-12-19/h6-9,11-12,16-17,21,23-25H,2-5,13-14H2,1H3,(H,39,43)(H,40,42). The van der Waals surface area contributed by atoms with E-state index in [4.69, 9.17) is 14.4 Å². The maximum Gasteiger partial charge on any atom is 0.410 e. The molecule has 2 N–H and O–H groups in total. The second-order valence-corrected chi connectivity index (χ2v) is 11.8. The quantitative estimate of drug-likeness (QED) is 0.280. The topological polar surface area (TPSA) is 133 Å². The number of nitrogens with zero attached hydrogens (tertiary/aromatic N) is 4. The normalized spacial score (nSPS) is 20.3. The van der Waals surface area contributed by atoms with Gasteiger partial charge in [0, 0.05) is 19.5 Å². The van der Waals surface area contributed by atoms with E-state index in [1.807, 2.05) is 5.32 Å². The first-order chi connectivity index (χ1) is 21.4. The van der Waals surface area contributed by atoms with Crippen LogP contribution in [0.25, 0.3) is 11.1 Å². The molecule has 1 aromatic carbocycles. The fourth-order valence-corrected chi connectivity index (χ4v) is 6.09. The Morgan fingerprint density at radius 3 is 2.49 bits per heavy atom. The van der Waals surface area contributed by atoms with Gasteiger partial charge in [0.15, 0.2) is 5.58 Å². The van der Waals surface area contributed by atoms with Gasteiger partial charge in [0.25, 0.3) is 5.91 Å². The molecule has 1 saturated heterocycles. The highest BCUT2D eigenvalue weighted by Gasteiger charge is 2.51. The number of oxazole rings is 1. The molecule has 3 aromatic rings. The van der Waals surface area contributed by atoms with Gasteiger partial charge >= 0.3 is 18.1 Å². The number of amides is 3. The Labute approximate surface area is 253 Å². The summed E-state index contributed by atoms with van der Waals surface area (Å²) in [6.07, 6.45) is 0.818. The molecular weight excluding hydrogens is 603 g/mol. The van der Waals surface area contributed by atoms with Crippen LogP contribution in [-0.4, -0.2) is 59.3 Å². The number of benzene rings is 1. The maximum absolute atomic E-state index is 15.4. The third kappa shape index (κ3) is 6.15. The van der Waals surface area contributed by atoms with Gasteiger partial charge in [-0.1, -0.05) is 6.07 Å². The largest absolute Gasteiger partial charge is 0.438 e. The zero-order valence-electron chi connectivity index (χ0n) is 24.0. The summed E-state index contributed by atoms with van der Waals surface area (Å²) in [5.41, 5.74) is 0.133. The number of methoxy groups -OCH3 is 1. The van der Waals surface area contributed by atoms with Gasteiger partial charge < -0.3 is 24.7 Å². The van der Waals surface area contributed by atoms with Gasteiger partial charge in [0.05, 0.1) is 30.3 Å².